The molecule has 0 saturated carbocycles. The smallest absolute Gasteiger partial charge is 0.265 e. The fraction of sp³-hybridized carbons (Fsp3) is 0.250. The number of benzene rings is 1. The van der Waals surface area contributed by atoms with Gasteiger partial charge in [0.05, 0.1) is 0 Å². The molecule has 6 heteroatoms. The Hall–Kier alpha value is -1.27. The van der Waals surface area contributed by atoms with Crippen LogP contribution in [-0.2, 0) is 0 Å². The molecule has 1 unspecified atom stereocenters. The Balaban J connectivity index is 2.26. The van der Waals surface area contributed by atoms with E-state index in [9.17, 15) is 8.78 Å². The van der Waals surface area contributed by atoms with E-state index < -0.39 is 12.5 Å². The lowest BCUT2D eigenvalue weighted by Crippen LogP contribution is -2.27. The monoisotopic (exact) mass is 316 g/mol. The Kier molecular flexibility index (Phi) is 4.08. The summed E-state index contributed by atoms with van der Waals surface area (Å²) in [7, 11) is 0. The fourth-order valence-corrected chi connectivity index (χ4v) is 2.10. The highest BCUT2D eigenvalue weighted by molar-refractivity contribution is 9.10. The molecule has 18 heavy (non-hydrogen) atoms. The average molecular weight is 317 g/mol. The molecule has 0 bridgehead atoms. The largest absolute Gasteiger partial charge is 0.385 e. The average Bonchev–Trinajstić information content (AvgIpc) is 2.36. The Morgan fingerprint density at radius 2 is 2.06 bits per heavy atom. The van der Waals surface area contributed by atoms with Crippen LogP contribution in [0.5, 0.6) is 0 Å². The number of fused-ring (bicyclic) bond motifs is 1. The number of hydrogen-bond acceptors (Lipinski definition) is 3. The van der Waals surface area contributed by atoms with E-state index in [2.05, 4.69) is 26.2 Å². The third-order valence-corrected chi connectivity index (χ3v) is 3.21. The molecule has 96 valence electrons. The molecule has 1 aromatic heterocycles. The highest BCUT2D eigenvalue weighted by Gasteiger charge is 2.16. The van der Waals surface area contributed by atoms with Crippen LogP contribution in [0, 0.1) is 0 Å². The number of hydrogen-bond donors (Lipinski definition) is 2. The van der Waals surface area contributed by atoms with Gasteiger partial charge in [0.2, 0.25) is 0 Å². The molecule has 2 rings (SSSR count). The maximum Gasteiger partial charge on any atom is 0.265 e. The third-order valence-electron chi connectivity index (χ3n) is 2.52. The summed E-state index contributed by atoms with van der Waals surface area (Å²) in [5, 5.41) is 13.5. The van der Waals surface area contributed by atoms with Gasteiger partial charge in [-0.15, -0.1) is 0 Å². The van der Waals surface area contributed by atoms with E-state index in [1.54, 1.807) is 6.20 Å². The van der Waals surface area contributed by atoms with Crippen molar-refractivity contribution in [1.29, 1.82) is 0 Å². The van der Waals surface area contributed by atoms with E-state index >= 15 is 0 Å². The molecular formula is C12H11BrF2N2O. The molecule has 0 aliphatic rings. The van der Waals surface area contributed by atoms with E-state index in [4.69, 9.17) is 5.11 Å². The molecule has 0 spiro atoms. The summed E-state index contributed by atoms with van der Waals surface area (Å²) in [6.07, 6.45) is -2.88. The van der Waals surface area contributed by atoms with E-state index in [-0.39, 0.29) is 6.54 Å². The molecule has 2 N–H and O–H groups in total. The molecule has 1 aromatic carbocycles. The standard InChI is InChI=1S/C12H11BrF2N2O/c13-9-3-1-2-8-7(9)4-5-16-12(8)17-6-10(18)11(14)15/h1-5,10-11,18H,6H2,(H,16,17). The molecular weight excluding hydrogens is 306 g/mol. The summed E-state index contributed by atoms with van der Waals surface area (Å²) in [5.74, 6) is 0.480. The molecule has 0 aliphatic heterocycles. The first-order chi connectivity index (χ1) is 8.59. The van der Waals surface area contributed by atoms with Crippen LogP contribution in [0.1, 0.15) is 0 Å². The minimum Gasteiger partial charge on any atom is -0.385 e. The highest BCUT2D eigenvalue weighted by Crippen LogP contribution is 2.27. The molecule has 0 radical (unpaired) electrons. The number of rotatable bonds is 4. The second-order valence-corrected chi connectivity index (χ2v) is 4.63. The van der Waals surface area contributed by atoms with Gasteiger partial charge in [-0.1, -0.05) is 28.1 Å². The minimum absolute atomic E-state index is 0.240. The van der Waals surface area contributed by atoms with Gasteiger partial charge in [0.15, 0.2) is 0 Å². The first-order valence-corrected chi connectivity index (χ1v) is 6.12. The van der Waals surface area contributed by atoms with Crippen molar-refractivity contribution < 1.29 is 13.9 Å². The van der Waals surface area contributed by atoms with Crippen molar-refractivity contribution in [3.63, 3.8) is 0 Å². The summed E-state index contributed by atoms with van der Waals surface area (Å²) < 4.78 is 25.3. The predicted octanol–water partition coefficient (Wildman–Crippen LogP) is 3.04. The lowest BCUT2D eigenvalue weighted by molar-refractivity contribution is 0.00382. The van der Waals surface area contributed by atoms with Gasteiger partial charge >= 0.3 is 0 Å². The zero-order valence-electron chi connectivity index (χ0n) is 9.28. The van der Waals surface area contributed by atoms with Gasteiger partial charge in [0, 0.05) is 28.0 Å². The van der Waals surface area contributed by atoms with Gasteiger partial charge in [0.1, 0.15) is 11.9 Å². The van der Waals surface area contributed by atoms with Crippen molar-refractivity contribution in [3.05, 3.63) is 34.9 Å². The summed E-state index contributed by atoms with van der Waals surface area (Å²) in [6, 6.07) is 7.39. The van der Waals surface area contributed by atoms with Gasteiger partial charge in [0.25, 0.3) is 6.43 Å². The van der Waals surface area contributed by atoms with Gasteiger partial charge in [-0.3, -0.25) is 0 Å². The molecule has 1 heterocycles. The summed E-state index contributed by atoms with van der Waals surface area (Å²) in [5.41, 5.74) is 0. The summed E-state index contributed by atoms with van der Waals surface area (Å²) in [6.45, 7) is -0.240. The number of halogens is 3. The number of aromatic nitrogens is 1. The van der Waals surface area contributed by atoms with Crippen molar-refractivity contribution in [1.82, 2.24) is 4.98 Å². The lowest BCUT2D eigenvalue weighted by atomic mass is 10.1. The molecule has 1 atom stereocenters. The maximum atomic E-state index is 12.2. The number of nitrogens with one attached hydrogen (secondary N) is 1. The molecule has 2 aromatic rings. The Labute approximate surface area is 111 Å². The van der Waals surface area contributed by atoms with Crippen LogP contribution in [0.15, 0.2) is 34.9 Å². The SMILES string of the molecule is OC(CNc1nccc2c(Br)cccc12)C(F)F. The zero-order chi connectivity index (χ0) is 13.1. The van der Waals surface area contributed by atoms with Crippen molar-refractivity contribution in [2.24, 2.45) is 0 Å². The van der Waals surface area contributed by atoms with Crippen molar-refractivity contribution in [2.45, 2.75) is 12.5 Å². The van der Waals surface area contributed by atoms with Crippen molar-refractivity contribution in [2.75, 3.05) is 11.9 Å². The van der Waals surface area contributed by atoms with Gasteiger partial charge in [-0.05, 0) is 12.1 Å². The number of alkyl halides is 2. The Bertz CT molecular complexity index is 551. The van der Waals surface area contributed by atoms with Crippen LogP contribution >= 0.6 is 15.9 Å². The summed E-state index contributed by atoms with van der Waals surface area (Å²) in [4.78, 5) is 4.09. The quantitative estimate of drug-likeness (QED) is 0.911. The molecule has 3 nitrogen and oxygen atoms in total. The lowest BCUT2D eigenvalue weighted by Gasteiger charge is -2.13. The van der Waals surface area contributed by atoms with E-state index in [1.165, 1.54) is 0 Å². The topological polar surface area (TPSA) is 45.1 Å². The van der Waals surface area contributed by atoms with Gasteiger partial charge in [-0.2, -0.15) is 0 Å². The van der Waals surface area contributed by atoms with Crippen LogP contribution in [-0.4, -0.2) is 29.2 Å². The zero-order valence-corrected chi connectivity index (χ0v) is 10.9. The van der Waals surface area contributed by atoms with Gasteiger partial charge < -0.3 is 10.4 Å². The molecule has 0 saturated heterocycles. The van der Waals surface area contributed by atoms with Crippen molar-refractivity contribution >= 4 is 32.5 Å². The van der Waals surface area contributed by atoms with E-state index in [0.29, 0.717) is 5.82 Å². The Morgan fingerprint density at radius 1 is 1.28 bits per heavy atom. The van der Waals surface area contributed by atoms with Crippen LogP contribution in [0.4, 0.5) is 14.6 Å². The third kappa shape index (κ3) is 2.76. The predicted molar refractivity (Wildman–Crippen MR) is 69.9 cm³/mol. The van der Waals surface area contributed by atoms with E-state index in [1.807, 2.05) is 24.3 Å². The second-order valence-electron chi connectivity index (χ2n) is 3.78. The van der Waals surface area contributed by atoms with Crippen LogP contribution in [0.25, 0.3) is 10.8 Å². The number of aliphatic hydroxyl groups is 1. The summed E-state index contributed by atoms with van der Waals surface area (Å²) >= 11 is 3.41. The van der Waals surface area contributed by atoms with Crippen LogP contribution < -0.4 is 5.32 Å². The Morgan fingerprint density at radius 3 is 2.78 bits per heavy atom. The minimum atomic E-state index is -2.76. The fourth-order valence-electron chi connectivity index (χ4n) is 1.60. The number of nitrogens with zero attached hydrogens (tertiary/aromatic N) is 1. The first kappa shape index (κ1) is 13.2. The number of pyridine rings is 1. The molecule has 0 amide bonds. The first-order valence-electron chi connectivity index (χ1n) is 5.33. The highest BCUT2D eigenvalue weighted by atomic mass is 79.9. The van der Waals surface area contributed by atoms with Crippen molar-refractivity contribution in [3.8, 4) is 0 Å². The van der Waals surface area contributed by atoms with Crippen LogP contribution in [0.3, 0.4) is 0 Å². The van der Waals surface area contributed by atoms with Crippen LogP contribution in [0.2, 0.25) is 0 Å². The van der Waals surface area contributed by atoms with Gasteiger partial charge in [-0.25, -0.2) is 13.8 Å². The number of aliphatic hydroxyl groups excluding tert-OH is 1. The molecule has 0 fully saturated rings. The maximum absolute atomic E-state index is 12.2. The molecule has 0 aliphatic carbocycles. The normalized spacial score (nSPS) is 12.9. The van der Waals surface area contributed by atoms with E-state index in [0.717, 1.165) is 15.2 Å². The second kappa shape index (κ2) is 5.58. The number of anilines is 1.